The van der Waals surface area contributed by atoms with Gasteiger partial charge in [0.2, 0.25) is 0 Å². The van der Waals surface area contributed by atoms with Crippen LogP contribution in [0, 0.1) is 0 Å². The van der Waals surface area contributed by atoms with E-state index in [1.807, 2.05) is 0 Å². The fourth-order valence-corrected chi connectivity index (χ4v) is 2.54. The van der Waals surface area contributed by atoms with E-state index in [4.69, 9.17) is 16.3 Å². The molecule has 0 aromatic rings. The smallest absolute Gasteiger partial charge is 0.331 e. The van der Waals surface area contributed by atoms with Crippen LogP contribution >= 0.6 is 34.2 Å². The third kappa shape index (κ3) is 8.87. The molecule has 0 heterocycles. The molecule has 112 valence electrons. The molecule has 19 heavy (non-hydrogen) atoms. The number of hydrogen-bond acceptors (Lipinski definition) is 3. The molecule has 0 bridgehead atoms. The number of carbonyl (C=O) groups is 1. The maximum absolute atomic E-state index is 11.2. The van der Waals surface area contributed by atoms with Gasteiger partial charge in [-0.2, -0.15) is 0 Å². The topological polar surface area (TPSA) is 35.5 Å². The number of hydrogen-bond donors (Lipinski definition) is 0. The SMILES string of the molecule is CCCCC(Cl)=C(I)C(CCCC)OCC(=O)OC. The van der Waals surface area contributed by atoms with E-state index in [-0.39, 0.29) is 18.7 Å². The van der Waals surface area contributed by atoms with Crippen LogP contribution in [0.15, 0.2) is 8.61 Å². The average Bonchev–Trinajstić information content (AvgIpc) is 2.43. The van der Waals surface area contributed by atoms with Gasteiger partial charge in [0.25, 0.3) is 0 Å². The largest absolute Gasteiger partial charge is 0.467 e. The van der Waals surface area contributed by atoms with Gasteiger partial charge in [0.15, 0.2) is 0 Å². The van der Waals surface area contributed by atoms with E-state index in [9.17, 15) is 4.79 Å². The molecule has 0 saturated carbocycles. The maximum atomic E-state index is 11.2. The minimum absolute atomic E-state index is 0.0185. The molecule has 0 saturated heterocycles. The first-order valence-electron chi connectivity index (χ1n) is 6.79. The van der Waals surface area contributed by atoms with Crippen LogP contribution in [-0.4, -0.2) is 25.8 Å². The first-order chi connectivity index (χ1) is 9.06. The van der Waals surface area contributed by atoms with Gasteiger partial charge in [0.05, 0.1) is 13.2 Å². The van der Waals surface area contributed by atoms with Crippen LogP contribution < -0.4 is 0 Å². The second-order valence-corrected chi connectivity index (χ2v) is 5.99. The summed E-state index contributed by atoms with van der Waals surface area (Å²) in [5.41, 5.74) is 0. The molecule has 1 atom stereocenters. The number of unbranched alkanes of at least 4 members (excludes halogenated alkanes) is 2. The van der Waals surface area contributed by atoms with E-state index in [1.54, 1.807) is 0 Å². The predicted molar refractivity (Wildman–Crippen MR) is 87.7 cm³/mol. The Morgan fingerprint density at radius 2 is 1.89 bits per heavy atom. The molecule has 0 aromatic carbocycles. The van der Waals surface area contributed by atoms with Gasteiger partial charge in [-0.3, -0.25) is 0 Å². The van der Waals surface area contributed by atoms with Crippen molar-refractivity contribution in [3.63, 3.8) is 0 Å². The van der Waals surface area contributed by atoms with Gasteiger partial charge in [0.1, 0.15) is 6.61 Å². The van der Waals surface area contributed by atoms with Crippen LogP contribution in [0.25, 0.3) is 0 Å². The lowest BCUT2D eigenvalue weighted by Gasteiger charge is -2.18. The molecular weight excluding hydrogens is 379 g/mol. The van der Waals surface area contributed by atoms with Crippen LogP contribution in [-0.2, 0) is 14.3 Å². The molecule has 1 unspecified atom stereocenters. The molecule has 0 rings (SSSR count). The number of rotatable bonds is 10. The van der Waals surface area contributed by atoms with Crippen molar-refractivity contribution in [2.24, 2.45) is 0 Å². The monoisotopic (exact) mass is 402 g/mol. The molecule has 3 nitrogen and oxygen atoms in total. The minimum Gasteiger partial charge on any atom is -0.467 e. The Morgan fingerprint density at radius 3 is 2.42 bits per heavy atom. The van der Waals surface area contributed by atoms with E-state index >= 15 is 0 Å². The summed E-state index contributed by atoms with van der Waals surface area (Å²) >= 11 is 8.55. The summed E-state index contributed by atoms with van der Waals surface area (Å²) in [5.74, 6) is -0.352. The summed E-state index contributed by atoms with van der Waals surface area (Å²) in [4.78, 5) is 11.2. The molecule has 0 fully saturated rings. The Labute approximate surface area is 135 Å². The summed E-state index contributed by atoms with van der Waals surface area (Å²) in [6, 6.07) is 0. The quantitative estimate of drug-likeness (QED) is 0.388. The first-order valence-corrected chi connectivity index (χ1v) is 8.24. The highest BCUT2D eigenvalue weighted by molar-refractivity contribution is 14.1. The van der Waals surface area contributed by atoms with Crippen LogP contribution in [0.4, 0.5) is 0 Å². The van der Waals surface area contributed by atoms with E-state index < -0.39 is 0 Å². The lowest BCUT2D eigenvalue weighted by molar-refractivity contribution is -0.147. The normalized spacial score (nSPS) is 13.9. The summed E-state index contributed by atoms with van der Waals surface area (Å²) in [6.07, 6.45) is 5.99. The highest BCUT2D eigenvalue weighted by atomic mass is 127. The summed E-state index contributed by atoms with van der Waals surface area (Å²) in [5, 5.41) is 0.855. The standard InChI is InChI=1S/C14H24ClIO3/c1-4-6-8-11(15)14(16)12(9-7-5-2)19-10-13(17)18-3/h12H,4-10H2,1-3H3. The Hall–Kier alpha value is 0.190. The number of carbonyl (C=O) groups excluding carboxylic acids is 1. The third-order valence-electron chi connectivity index (χ3n) is 2.74. The zero-order chi connectivity index (χ0) is 14.7. The lowest BCUT2D eigenvalue weighted by atomic mass is 10.1. The predicted octanol–water partition coefficient (Wildman–Crippen LogP) is 4.81. The molecular formula is C14H24ClIO3. The Morgan fingerprint density at radius 1 is 1.26 bits per heavy atom. The van der Waals surface area contributed by atoms with E-state index in [0.29, 0.717) is 0 Å². The van der Waals surface area contributed by atoms with Crippen molar-refractivity contribution in [3.8, 4) is 0 Å². The first kappa shape index (κ1) is 19.2. The summed E-state index contributed by atoms with van der Waals surface area (Å²) in [7, 11) is 1.36. The molecule has 5 heteroatoms. The fraction of sp³-hybridized carbons (Fsp3) is 0.786. The zero-order valence-electron chi connectivity index (χ0n) is 12.0. The molecule has 0 aliphatic carbocycles. The average molecular weight is 403 g/mol. The van der Waals surface area contributed by atoms with Crippen molar-refractivity contribution in [1.82, 2.24) is 0 Å². The fourth-order valence-electron chi connectivity index (χ4n) is 1.53. The van der Waals surface area contributed by atoms with Crippen molar-refractivity contribution >= 4 is 40.2 Å². The van der Waals surface area contributed by atoms with Gasteiger partial charge < -0.3 is 9.47 Å². The van der Waals surface area contributed by atoms with E-state index in [1.165, 1.54) is 7.11 Å². The van der Waals surface area contributed by atoms with Crippen molar-refractivity contribution < 1.29 is 14.3 Å². The number of allylic oxidation sites excluding steroid dienone is 1. The van der Waals surface area contributed by atoms with Gasteiger partial charge in [-0.25, -0.2) is 4.79 Å². The van der Waals surface area contributed by atoms with Crippen LogP contribution in [0.1, 0.15) is 52.4 Å². The van der Waals surface area contributed by atoms with Gasteiger partial charge >= 0.3 is 5.97 Å². The van der Waals surface area contributed by atoms with Gasteiger partial charge in [-0.1, -0.05) is 44.7 Å². The molecule has 0 aliphatic rings. The van der Waals surface area contributed by atoms with Crippen molar-refractivity contribution in [2.75, 3.05) is 13.7 Å². The molecule has 0 radical (unpaired) electrons. The zero-order valence-corrected chi connectivity index (χ0v) is 14.9. The van der Waals surface area contributed by atoms with Crippen molar-refractivity contribution in [3.05, 3.63) is 8.61 Å². The second kappa shape index (κ2) is 12.0. The summed E-state index contributed by atoms with van der Waals surface area (Å²) < 4.78 is 11.2. The van der Waals surface area contributed by atoms with Gasteiger partial charge in [-0.15, -0.1) is 0 Å². The van der Waals surface area contributed by atoms with E-state index in [0.717, 1.165) is 47.1 Å². The second-order valence-electron chi connectivity index (χ2n) is 4.37. The van der Waals surface area contributed by atoms with E-state index in [2.05, 4.69) is 41.2 Å². The Bertz CT molecular complexity index is 292. The highest BCUT2D eigenvalue weighted by Gasteiger charge is 2.17. The minimum atomic E-state index is -0.352. The lowest BCUT2D eigenvalue weighted by Crippen LogP contribution is -2.20. The van der Waals surface area contributed by atoms with Gasteiger partial charge in [0, 0.05) is 8.61 Å². The van der Waals surface area contributed by atoms with Crippen molar-refractivity contribution in [1.29, 1.82) is 0 Å². The number of methoxy groups -OCH3 is 1. The van der Waals surface area contributed by atoms with Crippen LogP contribution in [0.2, 0.25) is 0 Å². The third-order valence-corrected chi connectivity index (χ3v) is 4.80. The van der Waals surface area contributed by atoms with Gasteiger partial charge in [-0.05, 0) is 41.9 Å². The maximum Gasteiger partial charge on any atom is 0.331 e. The molecule has 0 spiro atoms. The molecule has 0 aromatic heterocycles. The Kier molecular flexibility index (Phi) is 12.1. The summed E-state index contributed by atoms with van der Waals surface area (Å²) in [6.45, 7) is 4.25. The molecule has 0 aliphatic heterocycles. The highest BCUT2D eigenvalue weighted by Crippen LogP contribution is 2.29. The Balaban J connectivity index is 4.56. The molecule has 0 amide bonds. The van der Waals surface area contributed by atoms with Crippen LogP contribution in [0.5, 0.6) is 0 Å². The number of esters is 1. The number of halogens is 2. The van der Waals surface area contributed by atoms with Crippen LogP contribution in [0.3, 0.4) is 0 Å². The molecule has 0 N–H and O–H groups in total. The number of ether oxygens (including phenoxy) is 2. The van der Waals surface area contributed by atoms with Crippen molar-refractivity contribution in [2.45, 2.75) is 58.5 Å².